The van der Waals surface area contributed by atoms with Gasteiger partial charge in [0.15, 0.2) is 0 Å². The molecule has 1 aliphatic rings. The molecule has 0 spiro atoms. The van der Waals surface area contributed by atoms with E-state index in [1.807, 2.05) is 38.5 Å². The fourth-order valence-corrected chi connectivity index (χ4v) is 4.41. The molecule has 3 rings (SSSR count). The number of likely N-dealkylation sites (N-methyl/N-ethyl adjacent to an activating group) is 1. The largest absolute Gasteiger partial charge is 0.465 e. The summed E-state index contributed by atoms with van der Waals surface area (Å²) >= 11 is 0. The monoisotopic (exact) mass is 414 g/mol. The normalized spacial score (nSPS) is 16.0. The molecule has 6 heteroatoms. The zero-order valence-electron chi connectivity index (χ0n) is 18.5. The van der Waals surface area contributed by atoms with Crippen molar-refractivity contribution >= 4 is 22.8 Å². The lowest BCUT2D eigenvalue weighted by atomic mass is 9.72. The molecule has 0 amide bonds. The SMILES string of the molecule is CC(=O)OCC1(CCC(=O)Oc2cccc3[nH]cc(CCN(C)C)c23)CCCCC1. The first-order valence-corrected chi connectivity index (χ1v) is 11.0. The van der Waals surface area contributed by atoms with Crippen LogP contribution in [0.4, 0.5) is 0 Å². The van der Waals surface area contributed by atoms with Crippen molar-refractivity contribution in [3.05, 3.63) is 30.0 Å². The van der Waals surface area contributed by atoms with Gasteiger partial charge >= 0.3 is 11.9 Å². The minimum Gasteiger partial charge on any atom is -0.465 e. The number of ether oxygens (including phenoxy) is 2. The van der Waals surface area contributed by atoms with Crippen LogP contribution >= 0.6 is 0 Å². The minimum absolute atomic E-state index is 0.0973. The highest BCUT2D eigenvalue weighted by atomic mass is 16.5. The summed E-state index contributed by atoms with van der Waals surface area (Å²) in [5.74, 6) is 0.132. The molecule has 1 saturated carbocycles. The van der Waals surface area contributed by atoms with Crippen molar-refractivity contribution in [2.45, 2.75) is 58.3 Å². The molecule has 1 N–H and O–H groups in total. The predicted molar refractivity (Wildman–Crippen MR) is 118 cm³/mol. The third kappa shape index (κ3) is 5.85. The molecule has 0 saturated heterocycles. The molecule has 0 unspecified atom stereocenters. The summed E-state index contributed by atoms with van der Waals surface area (Å²) in [7, 11) is 4.10. The van der Waals surface area contributed by atoms with Crippen LogP contribution in [0.25, 0.3) is 10.9 Å². The smallest absolute Gasteiger partial charge is 0.311 e. The first-order valence-electron chi connectivity index (χ1n) is 11.0. The van der Waals surface area contributed by atoms with Crippen molar-refractivity contribution in [2.24, 2.45) is 5.41 Å². The molecule has 164 valence electrons. The van der Waals surface area contributed by atoms with Crippen LogP contribution < -0.4 is 4.74 Å². The van der Waals surface area contributed by atoms with Gasteiger partial charge in [0.25, 0.3) is 0 Å². The molecule has 30 heavy (non-hydrogen) atoms. The second kappa shape index (κ2) is 10.1. The number of rotatable bonds is 9. The Morgan fingerprint density at radius 3 is 2.63 bits per heavy atom. The number of hydrogen-bond donors (Lipinski definition) is 1. The van der Waals surface area contributed by atoms with Gasteiger partial charge in [0, 0.05) is 42.4 Å². The predicted octanol–water partition coefficient (Wildman–Crippen LogP) is 4.47. The summed E-state index contributed by atoms with van der Waals surface area (Å²) in [6.45, 7) is 2.77. The summed E-state index contributed by atoms with van der Waals surface area (Å²) in [5.41, 5.74) is 2.04. The summed E-state index contributed by atoms with van der Waals surface area (Å²) in [4.78, 5) is 29.5. The van der Waals surface area contributed by atoms with Gasteiger partial charge in [0.2, 0.25) is 0 Å². The first kappa shape index (κ1) is 22.3. The lowest BCUT2D eigenvalue weighted by molar-refractivity contribution is -0.146. The number of aromatic amines is 1. The first-order chi connectivity index (χ1) is 14.4. The van der Waals surface area contributed by atoms with Crippen LogP contribution in [0.3, 0.4) is 0 Å². The Balaban J connectivity index is 1.67. The Morgan fingerprint density at radius 1 is 1.17 bits per heavy atom. The van der Waals surface area contributed by atoms with E-state index in [2.05, 4.69) is 9.88 Å². The Kier molecular flexibility index (Phi) is 7.53. The maximum absolute atomic E-state index is 12.7. The van der Waals surface area contributed by atoms with Crippen LogP contribution in [0.15, 0.2) is 24.4 Å². The van der Waals surface area contributed by atoms with Gasteiger partial charge in [-0.15, -0.1) is 0 Å². The fourth-order valence-electron chi connectivity index (χ4n) is 4.41. The second-order valence-corrected chi connectivity index (χ2v) is 8.86. The molecule has 0 bridgehead atoms. The van der Waals surface area contributed by atoms with Crippen LogP contribution in [0.2, 0.25) is 0 Å². The number of H-pyrrole nitrogens is 1. The number of hydrogen-bond acceptors (Lipinski definition) is 5. The van der Waals surface area contributed by atoms with Gasteiger partial charge in [0.1, 0.15) is 5.75 Å². The van der Waals surface area contributed by atoms with Crippen molar-refractivity contribution in [1.29, 1.82) is 0 Å². The fraction of sp³-hybridized carbons (Fsp3) is 0.583. The second-order valence-electron chi connectivity index (χ2n) is 8.86. The molecule has 1 heterocycles. The average molecular weight is 415 g/mol. The van der Waals surface area contributed by atoms with Gasteiger partial charge < -0.3 is 19.4 Å². The van der Waals surface area contributed by atoms with Crippen LogP contribution in [-0.4, -0.2) is 49.1 Å². The molecule has 0 atom stereocenters. The quantitative estimate of drug-likeness (QED) is 0.484. The molecule has 1 aliphatic carbocycles. The van der Waals surface area contributed by atoms with E-state index in [4.69, 9.17) is 9.47 Å². The van der Waals surface area contributed by atoms with Gasteiger partial charge in [-0.25, -0.2) is 0 Å². The minimum atomic E-state index is -0.257. The van der Waals surface area contributed by atoms with Gasteiger partial charge in [0.05, 0.1) is 6.61 Å². The van der Waals surface area contributed by atoms with Crippen molar-refractivity contribution in [3.8, 4) is 5.75 Å². The number of fused-ring (bicyclic) bond motifs is 1. The maximum Gasteiger partial charge on any atom is 0.311 e. The van der Waals surface area contributed by atoms with Crippen LogP contribution in [0.1, 0.15) is 57.4 Å². The van der Waals surface area contributed by atoms with Gasteiger partial charge in [-0.05, 0) is 57.5 Å². The number of benzene rings is 1. The summed E-state index contributed by atoms with van der Waals surface area (Å²) < 4.78 is 11.2. The van der Waals surface area contributed by atoms with Crippen molar-refractivity contribution in [2.75, 3.05) is 27.2 Å². The molecule has 0 radical (unpaired) electrons. The Hall–Kier alpha value is -2.34. The average Bonchev–Trinajstić information content (AvgIpc) is 3.14. The summed E-state index contributed by atoms with van der Waals surface area (Å²) in [6.07, 6.45) is 9.34. The standard InChI is InChI=1S/C24H34N2O4/c1-18(27)29-17-24(12-5-4-6-13-24)14-10-22(28)30-21-9-7-8-20-23(21)19(16-25-20)11-15-26(2)3/h7-9,16,25H,4-6,10-15,17H2,1-3H3. The number of carbonyl (C=O) groups is 2. The highest BCUT2D eigenvalue weighted by Crippen LogP contribution is 2.41. The highest BCUT2D eigenvalue weighted by Gasteiger charge is 2.34. The van der Waals surface area contributed by atoms with Gasteiger partial charge in [-0.1, -0.05) is 25.3 Å². The number of nitrogens with one attached hydrogen (secondary N) is 1. The number of carbonyl (C=O) groups excluding carboxylic acids is 2. The molecule has 1 aromatic carbocycles. The Morgan fingerprint density at radius 2 is 1.93 bits per heavy atom. The highest BCUT2D eigenvalue weighted by molar-refractivity contribution is 5.91. The molecule has 0 aliphatic heterocycles. The van der Waals surface area contributed by atoms with E-state index in [0.717, 1.165) is 55.1 Å². The molecule has 1 fully saturated rings. The molecule has 2 aromatic rings. The Labute approximate surface area is 178 Å². The van der Waals surface area contributed by atoms with E-state index in [1.165, 1.54) is 13.3 Å². The summed E-state index contributed by atoms with van der Waals surface area (Å²) in [5, 5.41) is 0.986. The molecule has 6 nitrogen and oxygen atoms in total. The van der Waals surface area contributed by atoms with Crippen molar-refractivity contribution < 1.29 is 19.1 Å². The van der Waals surface area contributed by atoms with E-state index in [0.29, 0.717) is 25.2 Å². The Bertz CT molecular complexity index is 865. The summed E-state index contributed by atoms with van der Waals surface area (Å²) in [6, 6.07) is 5.77. The maximum atomic E-state index is 12.7. The number of aromatic nitrogens is 1. The lowest BCUT2D eigenvalue weighted by Crippen LogP contribution is -2.31. The van der Waals surface area contributed by atoms with E-state index in [9.17, 15) is 9.59 Å². The third-order valence-electron chi connectivity index (χ3n) is 6.16. The topological polar surface area (TPSA) is 71.6 Å². The van der Waals surface area contributed by atoms with E-state index in [1.54, 1.807) is 0 Å². The van der Waals surface area contributed by atoms with Crippen molar-refractivity contribution in [1.82, 2.24) is 9.88 Å². The zero-order chi connectivity index (χ0) is 21.6. The molecular formula is C24H34N2O4. The zero-order valence-corrected chi connectivity index (χ0v) is 18.5. The number of nitrogens with zero attached hydrogens (tertiary/aromatic N) is 1. The van der Waals surface area contributed by atoms with E-state index >= 15 is 0 Å². The molecular weight excluding hydrogens is 380 g/mol. The van der Waals surface area contributed by atoms with Crippen molar-refractivity contribution in [3.63, 3.8) is 0 Å². The van der Waals surface area contributed by atoms with Crippen LogP contribution in [0, 0.1) is 5.41 Å². The molecule has 1 aromatic heterocycles. The van der Waals surface area contributed by atoms with Crippen LogP contribution in [0.5, 0.6) is 5.75 Å². The third-order valence-corrected chi connectivity index (χ3v) is 6.16. The number of esters is 2. The van der Waals surface area contributed by atoms with Gasteiger partial charge in [-0.3, -0.25) is 9.59 Å². The lowest BCUT2D eigenvalue weighted by Gasteiger charge is -2.36. The van der Waals surface area contributed by atoms with Crippen LogP contribution in [-0.2, 0) is 20.7 Å². The van der Waals surface area contributed by atoms with E-state index < -0.39 is 0 Å². The van der Waals surface area contributed by atoms with E-state index in [-0.39, 0.29) is 17.4 Å². The van der Waals surface area contributed by atoms with Gasteiger partial charge in [-0.2, -0.15) is 0 Å².